The van der Waals surface area contributed by atoms with Crippen molar-refractivity contribution in [2.75, 3.05) is 40.0 Å². The van der Waals surface area contributed by atoms with Crippen LogP contribution in [0.5, 0.6) is 5.75 Å². The number of benzene rings is 1. The summed E-state index contributed by atoms with van der Waals surface area (Å²) in [6.07, 6.45) is 0.779. The Hall–Kier alpha value is -2.08. The molecule has 1 aromatic carbocycles. The van der Waals surface area contributed by atoms with Crippen molar-refractivity contribution in [1.29, 1.82) is 0 Å². The fourth-order valence-corrected chi connectivity index (χ4v) is 1.87. The van der Waals surface area contributed by atoms with Gasteiger partial charge in [0.25, 0.3) is 5.91 Å². The topological polar surface area (TPSA) is 67.9 Å². The second-order valence-corrected chi connectivity index (χ2v) is 4.80. The molecule has 0 aromatic heterocycles. The molecule has 6 nitrogen and oxygen atoms in total. The summed E-state index contributed by atoms with van der Waals surface area (Å²) < 4.78 is 10.3. The van der Waals surface area contributed by atoms with E-state index in [1.807, 2.05) is 18.2 Å². The van der Waals surface area contributed by atoms with E-state index in [-0.39, 0.29) is 18.4 Å². The minimum absolute atomic E-state index is 0.00844. The highest BCUT2D eigenvalue weighted by atomic mass is 16.5. The Morgan fingerprint density at radius 3 is 2.55 bits per heavy atom. The molecule has 0 aliphatic rings. The molecule has 6 heteroatoms. The molecule has 1 aromatic rings. The lowest BCUT2D eigenvalue weighted by Crippen LogP contribution is -2.39. The fourth-order valence-electron chi connectivity index (χ4n) is 1.87. The minimum atomic E-state index is -0.204. The third-order valence-corrected chi connectivity index (χ3v) is 3.04. The molecule has 1 rings (SSSR count). The van der Waals surface area contributed by atoms with Crippen LogP contribution in [-0.4, -0.2) is 56.7 Å². The molecule has 0 aliphatic heterocycles. The molecule has 0 aliphatic carbocycles. The lowest BCUT2D eigenvalue weighted by Gasteiger charge is -2.21. The number of rotatable bonds is 10. The summed E-state index contributed by atoms with van der Waals surface area (Å²) in [7, 11) is 1.63. The third kappa shape index (κ3) is 7.64. The molecule has 0 saturated heterocycles. The predicted octanol–water partition coefficient (Wildman–Crippen LogP) is 1.07. The zero-order valence-electron chi connectivity index (χ0n) is 13.2. The molecule has 0 atom stereocenters. The van der Waals surface area contributed by atoms with Crippen molar-refractivity contribution in [2.24, 2.45) is 0 Å². The van der Waals surface area contributed by atoms with Crippen LogP contribution >= 0.6 is 0 Å². The number of amides is 2. The minimum Gasteiger partial charge on any atom is -0.484 e. The summed E-state index contributed by atoms with van der Waals surface area (Å²) in [4.78, 5) is 24.8. The SMILES string of the molecule is COCCCN(CCNC(=O)COc1ccccc1)C(C)=O. The van der Waals surface area contributed by atoms with Crippen molar-refractivity contribution in [1.82, 2.24) is 10.2 Å². The molecule has 122 valence electrons. The molecule has 0 spiro atoms. The molecule has 0 radical (unpaired) electrons. The Morgan fingerprint density at radius 1 is 1.18 bits per heavy atom. The van der Waals surface area contributed by atoms with Gasteiger partial charge in [-0.1, -0.05) is 18.2 Å². The van der Waals surface area contributed by atoms with Crippen LogP contribution in [0.25, 0.3) is 0 Å². The normalized spacial score (nSPS) is 10.1. The first kappa shape index (κ1) is 18.0. The van der Waals surface area contributed by atoms with Gasteiger partial charge in [0.2, 0.25) is 5.91 Å². The summed E-state index contributed by atoms with van der Waals surface area (Å²) in [5, 5.41) is 2.74. The van der Waals surface area contributed by atoms with Gasteiger partial charge < -0.3 is 19.7 Å². The first-order valence-corrected chi connectivity index (χ1v) is 7.32. The quantitative estimate of drug-likeness (QED) is 0.657. The molecule has 0 unspecified atom stereocenters. The summed E-state index contributed by atoms with van der Waals surface area (Å²) in [6.45, 7) is 3.61. The van der Waals surface area contributed by atoms with Gasteiger partial charge in [0.1, 0.15) is 5.75 Å². The van der Waals surface area contributed by atoms with Crippen molar-refractivity contribution in [3.8, 4) is 5.75 Å². The van der Waals surface area contributed by atoms with Crippen LogP contribution in [0.2, 0.25) is 0 Å². The van der Waals surface area contributed by atoms with Crippen LogP contribution in [0, 0.1) is 0 Å². The first-order chi connectivity index (χ1) is 10.6. The Bertz CT molecular complexity index is 451. The van der Waals surface area contributed by atoms with E-state index in [4.69, 9.17) is 9.47 Å². The van der Waals surface area contributed by atoms with E-state index in [0.717, 1.165) is 6.42 Å². The number of carbonyl (C=O) groups excluding carboxylic acids is 2. The van der Waals surface area contributed by atoms with Gasteiger partial charge in [-0.15, -0.1) is 0 Å². The number of hydrogen-bond donors (Lipinski definition) is 1. The Morgan fingerprint density at radius 2 is 1.91 bits per heavy atom. The molecule has 2 amide bonds. The first-order valence-electron chi connectivity index (χ1n) is 7.32. The number of nitrogens with one attached hydrogen (secondary N) is 1. The number of nitrogens with zero attached hydrogens (tertiary/aromatic N) is 1. The van der Waals surface area contributed by atoms with Gasteiger partial charge in [0.15, 0.2) is 6.61 Å². The number of carbonyl (C=O) groups is 2. The lowest BCUT2D eigenvalue weighted by molar-refractivity contribution is -0.129. The van der Waals surface area contributed by atoms with Crippen LogP contribution in [0.15, 0.2) is 30.3 Å². The van der Waals surface area contributed by atoms with Crippen LogP contribution in [0.1, 0.15) is 13.3 Å². The van der Waals surface area contributed by atoms with Gasteiger partial charge in [-0.25, -0.2) is 0 Å². The zero-order chi connectivity index (χ0) is 16.2. The second kappa shape index (κ2) is 10.6. The van der Waals surface area contributed by atoms with Crippen molar-refractivity contribution in [3.63, 3.8) is 0 Å². The van der Waals surface area contributed by atoms with Crippen LogP contribution < -0.4 is 10.1 Å². The second-order valence-electron chi connectivity index (χ2n) is 4.80. The molecule has 0 heterocycles. The van der Waals surface area contributed by atoms with Crippen molar-refractivity contribution in [3.05, 3.63) is 30.3 Å². The van der Waals surface area contributed by atoms with E-state index in [0.29, 0.717) is 32.0 Å². The maximum atomic E-state index is 11.7. The van der Waals surface area contributed by atoms with Crippen molar-refractivity contribution in [2.45, 2.75) is 13.3 Å². The monoisotopic (exact) mass is 308 g/mol. The third-order valence-electron chi connectivity index (χ3n) is 3.04. The van der Waals surface area contributed by atoms with Gasteiger partial charge in [-0.2, -0.15) is 0 Å². The van der Waals surface area contributed by atoms with Gasteiger partial charge in [-0.3, -0.25) is 9.59 Å². The molecular formula is C16H24N2O4. The van der Waals surface area contributed by atoms with E-state index in [2.05, 4.69) is 5.32 Å². The summed E-state index contributed by atoms with van der Waals surface area (Å²) in [6, 6.07) is 9.16. The molecule has 22 heavy (non-hydrogen) atoms. The maximum Gasteiger partial charge on any atom is 0.258 e. The highest BCUT2D eigenvalue weighted by molar-refractivity contribution is 5.77. The predicted molar refractivity (Wildman–Crippen MR) is 83.7 cm³/mol. The molecule has 1 N–H and O–H groups in total. The van der Waals surface area contributed by atoms with Crippen molar-refractivity contribution >= 4 is 11.8 Å². The van der Waals surface area contributed by atoms with Crippen LogP contribution in [0.3, 0.4) is 0 Å². The summed E-state index contributed by atoms with van der Waals surface area (Å²) >= 11 is 0. The maximum absolute atomic E-state index is 11.7. The average Bonchev–Trinajstić information content (AvgIpc) is 2.52. The van der Waals surface area contributed by atoms with Crippen LogP contribution in [0.4, 0.5) is 0 Å². The zero-order valence-corrected chi connectivity index (χ0v) is 13.2. The average molecular weight is 308 g/mol. The molecular weight excluding hydrogens is 284 g/mol. The molecule has 0 bridgehead atoms. The summed E-state index contributed by atoms with van der Waals surface area (Å²) in [5.74, 6) is 0.442. The fraction of sp³-hybridized carbons (Fsp3) is 0.500. The highest BCUT2D eigenvalue weighted by Gasteiger charge is 2.09. The standard InChI is InChI=1S/C16H24N2O4/c1-14(19)18(10-6-12-21-2)11-9-17-16(20)13-22-15-7-4-3-5-8-15/h3-5,7-8H,6,9-13H2,1-2H3,(H,17,20). The number of ether oxygens (including phenoxy) is 2. The highest BCUT2D eigenvalue weighted by Crippen LogP contribution is 2.07. The van der Waals surface area contributed by atoms with Gasteiger partial charge >= 0.3 is 0 Å². The van der Waals surface area contributed by atoms with Gasteiger partial charge in [0.05, 0.1) is 0 Å². The smallest absolute Gasteiger partial charge is 0.258 e. The van der Waals surface area contributed by atoms with E-state index in [1.54, 1.807) is 24.1 Å². The van der Waals surface area contributed by atoms with E-state index in [9.17, 15) is 9.59 Å². The van der Waals surface area contributed by atoms with Crippen molar-refractivity contribution < 1.29 is 19.1 Å². The van der Waals surface area contributed by atoms with E-state index >= 15 is 0 Å². The van der Waals surface area contributed by atoms with E-state index in [1.165, 1.54) is 6.92 Å². The molecule has 0 saturated carbocycles. The lowest BCUT2D eigenvalue weighted by atomic mass is 10.3. The Kier molecular flexibility index (Phi) is 8.67. The number of para-hydroxylation sites is 1. The largest absolute Gasteiger partial charge is 0.484 e. The Labute approximate surface area is 131 Å². The Balaban J connectivity index is 2.20. The number of methoxy groups -OCH3 is 1. The van der Waals surface area contributed by atoms with Crippen LogP contribution in [-0.2, 0) is 14.3 Å². The molecule has 0 fully saturated rings. The van der Waals surface area contributed by atoms with E-state index < -0.39 is 0 Å². The summed E-state index contributed by atoms with van der Waals surface area (Å²) in [5.41, 5.74) is 0. The van der Waals surface area contributed by atoms with Gasteiger partial charge in [-0.05, 0) is 18.6 Å². The van der Waals surface area contributed by atoms with Gasteiger partial charge in [0, 0.05) is 40.3 Å². The number of hydrogen-bond acceptors (Lipinski definition) is 4.